The smallest absolute Gasteiger partial charge is 0.0228 e. The molecule has 0 bridgehead atoms. The van der Waals surface area contributed by atoms with Crippen LogP contribution in [0.3, 0.4) is 0 Å². The molecule has 2 heteroatoms. The molecule has 0 radical (unpaired) electrons. The highest BCUT2D eigenvalue weighted by Gasteiger charge is 2.22. The molecule has 0 saturated heterocycles. The Morgan fingerprint density at radius 3 is 1.69 bits per heavy atom. The lowest BCUT2D eigenvalue weighted by Gasteiger charge is -2.29. The Morgan fingerprint density at radius 1 is 0.639 bits per heavy atom. The van der Waals surface area contributed by atoms with E-state index in [4.69, 9.17) is 0 Å². The number of unbranched alkanes of at least 4 members (excludes halogenated alkanes) is 12. The second-order valence-corrected chi connectivity index (χ2v) is 19.8. The lowest BCUT2D eigenvalue weighted by molar-refractivity contribution is 0.288. The van der Waals surface area contributed by atoms with Crippen LogP contribution in [0, 0.1) is 17.8 Å². The Balaban J connectivity index is 1.36. The summed E-state index contributed by atoms with van der Waals surface area (Å²) in [4.78, 5) is 0. The van der Waals surface area contributed by atoms with Crippen molar-refractivity contribution in [2.24, 2.45) is 17.8 Å². The van der Waals surface area contributed by atoms with Gasteiger partial charge in [-0.1, -0.05) is 159 Å². The molecular formula is C34H68Si2. The summed E-state index contributed by atoms with van der Waals surface area (Å²) in [5.74, 6) is 3.03. The van der Waals surface area contributed by atoms with Gasteiger partial charge in [-0.15, -0.1) is 0 Å². The zero-order chi connectivity index (χ0) is 25.7. The zero-order valence-electron chi connectivity index (χ0n) is 25.4. The molecule has 0 nitrogen and oxygen atoms in total. The summed E-state index contributed by atoms with van der Waals surface area (Å²) >= 11 is 0. The van der Waals surface area contributed by atoms with Gasteiger partial charge in [-0.25, -0.2) is 0 Å². The quantitative estimate of drug-likeness (QED) is 0.0783. The van der Waals surface area contributed by atoms with Crippen molar-refractivity contribution >= 4 is 19.0 Å². The van der Waals surface area contributed by atoms with E-state index < -0.39 is 0 Å². The second-order valence-electron chi connectivity index (χ2n) is 13.5. The fourth-order valence-electron chi connectivity index (χ4n) is 7.23. The Bertz CT molecular complexity index is 499. The molecule has 0 aliphatic heterocycles. The van der Waals surface area contributed by atoms with Gasteiger partial charge in [-0.3, -0.25) is 0 Å². The first-order valence-corrected chi connectivity index (χ1v) is 21.2. The van der Waals surface area contributed by atoms with Gasteiger partial charge in [0.2, 0.25) is 0 Å². The van der Waals surface area contributed by atoms with Crippen molar-refractivity contribution in [2.75, 3.05) is 0 Å². The average Bonchev–Trinajstić information content (AvgIpc) is 2.91. The maximum atomic E-state index is 2.63. The van der Waals surface area contributed by atoms with E-state index in [1.54, 1.807) is 25.7 Å². The summed E-state index contributed by atoms with van der Waals surface area (Å²) in [6, 6.07) is 0. The van der Waals surface area contributed by atoms with Crippen LogP contribution in [0.2, 0.25) is 17.3 Å². The molecule has 0 aromatic rings. The van der Waals surface area contributed by atoms with Crippen LogP contribution in [0.15, 0.2) is 12.2 Å². The Morgan fingerprint density at radius 2 is 1.14 bits per heavy atom. The van der Waals surface area contributed by atoms with E-state index in [0.717, 1.165) is 17.8 Å². The highest BCUT2D eigenvalue weighted by Crippen LogP contribution is 2.36. The molecule has 0 amide bonds. The summed E-state index contributed by atoms with van der Waals surface area (Å²) in [6.07, 6.45) is 41.1. The van der Waals surface area contributed by atoms with Gasteiger partial charge in [-0.2, -0.15) is 0 Å². The molecule has 2 aliphatic carbocycles. The molecule has 2 saturated carbocycles. The number of hydrogen-bond donors (Lipinski definition) is 0. The normalized spacial score (nSPS) is 26.6. The molecule has 1 atom stereocenters. The molecule has 2 rings (SSSR count). The Hall–Kier alpha value is 0.174. The van der Waals surface area contributed by atoms with E-state index in [9.17, 15) is 0 Å². The van der Waals surface area contributed by atoms with Gasteiger partial charge >= 0.3 is 0 Å². The molecular weight excluding hydrogens is 465 g/mol. The van der Waals surface area contributed by atoms with Crippen LogP contribution < -0.4 is 0 Å². The summed E-state index contributed by atoms with van der Waals surface area (Å²) in [5, 5.41) is 1.22. The van der Waals surface area contributed by atoms with E-state index in [2.05, 4.69) is 32.5 Å². The van der Waals surface area contributed by atoms with E-state index in [-0.39, 0.29) is 19.0 Å². The molecule has 2 fully saturated rings. The molecule has 0 aromatic heterocycles. The summed E-state index contributed by atoms with van der Waals surface area (Å²) < 4.78 is 0. The standard InChI is InChI=1S/C34H68Si2/c1-4-5-6-7-8-9-10-11-12-13-14-15-16-19-31-22-24-32(25-23-31)20-17-18-21-33-26-28-34(29-27-33)36-30(2)35-3/h17,20,30-34H,4-16,18-19,21-29,35-36H2,1-3H3. The van der Waals surface area contributed by atoms with Crippen LogP contribution in [0.25, 0.3) is 0 Å². The minimum absolute atomic E-state index is 0.257. The molecule has 0 aromatic carbocycles. The van der Waals surface area contributed by atoms with Crippen molar-refractivity contribution in [3.05, 3.63) is 12.2 Å². The molecule has 212 valence electrons. The van der Waals surface area contributed by atoms with Crippen molar-refractivity contribution in [2.45, 2.75) is 185 Å². The zero-order valence-corrected chi connectivity index (χ0v) is 28.3. The number of rotatable bonds is 21. The summed E-state index contributed by atoms with van der Waals surface area (Å²) in [6.45, 7) is 7.41. The lowest BCUT2D eigenvalue weighted by Crippen LogP contribution is -2.19. The van der Waals surface area contributed by atoms with Crippen molar-refractivity contribution in [3.8, 4) is 0 Å². The predicted molar refractivity (Wildman–Crippen MR) is 172 cm³/mol. The van der Waals surface area contributed by atoms with Gasteiger partial charge in [0.25, 0.3) is 0 Å². The maximum Gasteiger partial charge on any atom is 0.0228 e. The van der Waals surface area contributed by atoms with E-state index in [1.165, 1.54) is 139 Å². The maximum absolute atomic E-state index is 2.63. The molecule has 36 heavy (non-hydrogen) atoms. The minimum atomic E-state index is 0.257. The monoisotopic (exact) mass is 532 g/mol. The van der Waals surface area contributed by atoms with Crippen LogP contribution >= 0.6 is 0 Å². The van der Waals surface area contributed by atoms with E-state index >= 15 is 0 Å². The van der Waals surface area contributed by atoms with Crippen LogP contribution in [-0.2, 0) is 0 Å². The van der Waals surface area contributed by atoms with Crippen molar-refractivity contribution in [1.82, 2.24) is 0 Å². The highest BCUT2D eigenvalue weighted by atomic mass is 28.3. The highest BCUT2D eigenvalue weighted by molar-refractivity contribution is 6.58. The van der Waals surface area contributed by atoms with Crippen LogP contribution in [0.1, 0.15) is 168 Å². The van der Waals surface area contributed by atoms with Crippen LogP contribution in [0.4, 0.5) is 0 Å². The van der Waals surface area contributed by atoms with Crippen LogP contribution in [0.5, 0.6) is 0 Å². The molecule has 0 N–H and O–H groups in total. The Labute approximate surface area is 233 Å². The van der Waals surface area contributed by atoms with Gasteiger partial charge in [0.1, 0.15) is 0 Å². The molecule has 0 spiro atoms. The van der Waals surface area contributed by atoms with Gasteiger partial charge in [0, 0.05) is 19.0 Å². The molecule has 0 heterocycles. The summed E-state index contributed by atoms with van der Waals surface area (Å²) in [7, 11) is 0.545. The Kier molecular flexibility index (Phi) is 19.8. The average molecular weight is 533 g/mol. The largest absolute Gasteiger partial charge is 0.0882 e. The van der Waals surface area contributed by atoms with Gasteiger partial charge in [0.05, 0.1) is 0 Å². The van der Waals surface area contributed by atoms with Gasteiger partial charge in [0.15, 0.2) is 0 Å². The third kappa shape index (κ3) is 16.2. The fourth-order valence-corrected chi connectivity index (χ4v) is 12.1. The first-order valence-electron chi connectivity index (χ1n) is 17.4. The second kappa shape index (κ2) is 22.0. The van der Waals surface area contributed by atoms with Crippen molar-refractivity contribution < 1.29 is 0 Å². The van der Waals surface area contributed by atoms with Crippen LogP contribution in [-0.4, -0.2) is 19.0 Å². The summed E-state index contributed by atoms with van der Waals surface area (Å²) in [5.41, 5.74) is 1.22. The number of allylic oxidation sites excluding steroid dienone is 2. The minimum Gasteiger partial charge on any atom is -0.0882 e. The molecule has 1 unspecified atom stereocenters. The first kappa shape index (κ1) is 32.4. The lowest BCUT2D eigenvalue weighted by atomic mass is 9.79. The first-order chi connectivity index (χ1) is 17.7. The third-order valence-electron chi connectivity index (χ3n) is 10.2. The van der Waals surface area contributed by atoms with Gasteiger partial charge in [-0.05, 0) is 56.3 Å². The van der Waals surface area contributed by atoms with E-state index in [0.29, 0.717) is 0 Å². The predicted octanol–water partition coefficient (Wildman–Crippen LogP) is 10.7. The number of hydrogen-bond acceptors (Lipinski definition) is 0. The fraction of sp³-hybridized carbons (Fsp3) is 0.941. The van der Waals surface area contributed by atoms with Gasteiger partial charge < -0.3 is 0 Å². The van der Waals surface area contributed by atoms with E-state index in [1.807, 2.05) is 0 Å². The van der Waals surface area contributed by atoms with Crippen molar-refractivity contribution in [3.63, 3.8) is 0 Å². The third-order valence-corrected chi connectivity index (χ3v) is 16.6. The SMILES string of the molecule is CCCCCCCCCCCCCCCC1CCC(C=CCCC2CCC([SiH2]C(C)[SiH2]C)CC2)CC1. The molecule has 2 aliphatic rings. The van der Waals surface area contributed by atoms with Crippen molar-refractivity contribution in [1.29, 1.82) is 0 Å². The topological polar surface area (TPSA) is 0 Å².